The normalized spacial score (nSPS) is 15.7. The quantitative estimate of drug-likeness (QED) is 0.699. The summed E-state index contributed by atoms with van der Waals surface area (Å²) in [6.07, 6.45) is 2.14. The Kier molecular flexibility index (Phi) is 4.93. The molecule has 0 radical (unpaired) electrons. The summed E-state index contributed by atoms with van der Waals surface area (Å²) < 4.78 is 0. The Bertz CT molecular complexity index is 444. The van der Waals surface area contributed by atoms with Crippen molar-refractivity contribution in [2.24, 2.45) is 0 Å². The molecule has 1 aliphatic heterocycles. The molecule has 2 rings (SSSR count). The van der Waals surface area contributed by atoms with Gasteiger partial charge in [-0.15, -0.1) is 0 Å². The molecule has 4 heteroatoms. The van der Waals surface area contributed by atoms with Gasteiger partial charge in [0.2, 0.25) is 0 Å². The maximum absolute atomic E-state index is 12.2. The van der Waals surface area contributed by atoms with Crippen molar-refractivity contribution >= 4 is 5.91 Å². The van der Waals surface area contributed by atoms with Crippen molar-refractivity contribution < 1.29 is 9.90 Å². The third-order valence-corrected chi connectivity index (χ3v) is 3.47. The van der Waals surface area contributed by atoms with Crippen LogP contribution in [0.2, 0.25) is 0 Å². The van der Waals surface area contributed by atoms with Gasteiger partial charge in [-0.3, -0.25) is 4.79 Å². The molecule has 0 bridgehead atoms. The van der Waals surface area contributed by atoms with Gasteiger partial charge in [-0.2, -0.15) is 0 Å². The first kappa shape index (κ1) is 14.0. The number of carbonyl (C=O) groups excluding carboxylic acids is 1. The minimum atomic E-state index is -0.299. The number of nitrogens with one attached hydrogen (secondary N) is 2. The zero-order valence-electron chi connectivity index (χ0n) is 11.4. The molecule has 1 aromatic rings. The summed E-state index contributed by atoms with van der Waals surface area (Å²) in [6.45, 7) is 4.16. The molecule has 4 nitrogen and oxygen atoms in total. The van der Waals surface area contributed by atoms with E-state index in [0.717, 1.165) is 37.9 Å². The van der Waals surface area contributed by atoms with Gasteiger partial charge in [-0.1, -0.05) is 12.1 Å². The Morgan fingerprint density at radius 3 is 3.16 bits per heavy atom. The predicted octanol–water partition coefficient (Wildman–Crippen LogP) is 1.22. The average Bonchev–Trinajstić information content (AvgIpc) is 2.42. The van der Waals surface area contributed by atoms with Crippen LogP contribution in [0.1, 0.15) is 41.3 Å². The van der Waals surface area contributed by atoms with Crippen LogP contribution in [0, 0.1) is 0 Å². The first-order valence-electron chi connectivity index (χ1n) is 6.96. The fourth-order valence-electron chi connectivity index (χ4n) is 2.44. The number of amides is 1. The molecule has 0 fully saturated rings. The van der Waals surface area contributed by atoms with E-state index >= 15 is 0 Å². The topological polar surface area (TPSA) is 61.4 Å². The number of rotatable bonds is 5. The molecule has 1 aromatic carbocycles. The Labute approximate surface area is 114 Å². The van der Waals surface area contributed by atoms with Gasteiger partial charge < -0.3 is 15.7 Å². The van der Waals surface area contributed by atoms with E-state index in [2.05, 4.69) is 16.7 Å². The zero-order chi connectivity index (χ0) is 13.7. The highest BCUT2D eigenvalue weighted by atomic mass is 16.3. The third kappa shape index (κ3) is 3.78. The molecular weight excluding hydrogens is 240 g/mol. The second-order valence-electron chi connectivity index (χ2n) is 5.12. The minimum Gasteiger partial charge on any atom is -0.393 e. The summed E-state index contributed by atoms with van der Waals surface area (Å²) in [5.74, 6) is 0.00402. The summed E-state index contributed by atoms with van der Waals surface area (Å²) >= 11 is 0. The summed E-state index contributed by atoms with van der Waals surface area (Å²) in [6, 6.07) is 5.91. The molecule has 1 aliphatic rings. The van der Waals surface area contributed by atoms with Gasteiger partial charge in [0.1, 0.15) is 0 Å². The number of aliphatic hydroxyl groups excluding tert-OH is 1. The van der Waals surface area contributed by atoms with Gasteiger partial charge in [-0.25, -0.2) is 0 Å². The lowest BCUT2D eigenvalue weighted by atomic mass is 9.95. The lowest BCUT2D eigenvalue weighted by molar-refractivity contribution is 0.0948. The standard InChI is InChI=1S/C15H22N2O2/c1-11(18)4-3-8-17-15(19)14-6-2-5-12-10-16-9-7-13(12)14/h2,5-6,11,16,18H,3-4,7-10H2,1H3,(H,17,19). The first-order chi connectivity index (χ1) is 9.18. The Balaban J connectivity index is 1.95. The van der Waals surface area contributed by atoms with Gasteiger partial charge in [0.05, 0.1) is 6.10 Å². The second kappa shape index (κ2) is 6.68. The molecular formula is C15H22N2O2. The highest BCUT2D eigenvalue weighted by Gasteiger charge is 2.16. The molecule has 19 heavy (non-hydrogen) atoms. The van der Waals surface area contributed by atoms with Crippen molar-refractivity contribution in [3.8, 4) is 0 Å². The second-order valence-corrected chi connectivity index (χ2v) is 5.12. The monoisotopic (exact) mass is 262 g/mol. The Morgan fingerprint density at radius 2 is 2.37 bits per heavy atom. The van der Waals surface area contributed by atoms with Crippen molar-refractivity contribution in [1.82, 2.24) is 10.6 Å². The van der Waals surface area contributed by atoms with E-state index in [1.54, 1.807) is 6.92 Å². The van der Waals surface area contributed by atoms with Crippen molar-refractivity contribution in [2.45, 2.75) is 38.8 Å². The van der Waals surface area contributed by atoms with Crippen LogP contribution < -0.4 is 10.6 Å². The number of hydrogen-bond acceptors (Lipinski definition) is 3. The van der Waals surface area contributed by atoms with E-state index < -0.39 is 0 Å². The van der Waals surface area contributed by atoms with Crippen LogP contribution >= 0.6 is 0 Å². The number of benzene rings is 1. The molecule has 1 heterocycles. The molecule has 3 N–H and O–H groups in total. The molecule has 0 saturated heterocycles. The lowest BCUT2D eigenvalue weighted by Crippen LogP contribution is -2.30. The van der Waals surface area contributed by atoms with Gasteiger partial charge in [0.15, 0.2) is 0 Å². The van der Waals surface area contributed by atoms with Crippen molar-refractivity contribution in [1.29, 1.82) is 0 Å². The molecule has 0 aliphatic carbocycles. The van der Waals surface area contributed by atoms with Crippen molar-refractivity contribution in [2.75, 3.05) is 13.1 Å². The molecule has 1 unspecified atom stereocenters. The van der Waals surface area contributed by atoms with Gasteiger partial charge in [0.25, 0.3) is 5.91 Å². The van der Waals surface area contributed by atoms with Gasteiger partial charge >= 0.3 is 0 Å². The first-order valence-corrected chi connectivity index (χ1v) is 6.96. The maximum atomic E-state index is 12.2. The van der Waals surface area contributed by atoms with Crippen molar-refractivity contribution in [3.63, 3.8) is 0 Å². The van der Waals surface area contributed by atoms with Gasteiger partial charge in [-0.05, 0) is 49.9 Å². The Morgan fingerprint density at radius 1 is 1.53 bits per heavy atom. The summed E-state index contributed by atoms with van der Waals surface area (Å²) in [5, 5.41) is 15.4. The molecule has 1 atom stereocenters. The Hall–Kier alpha value is -1.39. The van der Waals surface area contributed by atoms with Crippen LogP contribution in [0.5, 0.6) is 0 Å². The van der Waals surface area contributed by atoms with E-state index in [1.165, 1.54) is 11.1 Å². The van der Waals surface area contributed by atoms with Crippen LogP contribution in [-0.2, 0) is 13.0 Å². The van der Waals surface area contributed by atoms with E-state index in [4.69, 9.17) is 0 Å². The van der Waals surface area contributed by atoms with E-state index in [-0.39, 0.29) is 12.0 Å². The van der Waals surface area contributed by atoms with Gasteiger partial charge in [0, 0.05) is 18.7 Å². The predicted molar refractivity (Wildman–Crippen MR) is 75.1 cm³/mol. The lowest BCUT2D eigenvalue weighted by Gasteiger charge is -2.20. The fraction of sp³-hybridized carbons (Fsp3) is 0.533. The third-order valence-electron chi connectivity index (χ3n) is 3.47. The number of aliphatic hydroxyl groups is 1. The molecule has 0 spiro atoms. The number of fused-ring (bicyclic) bond motifs is 1. The van der Waals surface area contributed by atoms with E-state index in [1.807, 2.05) is 12.1 Å². The largest absolute Gasteiger partial charge is 0.393 e. The zero-order valence-corrected chi connectivity index (χ0v) is 11.4. The van der Waals surface area contributed by atoms with E-state index in [0.29, 0.717) is 6.54 Å². The average molecular weight is 262 g/mol. The maximum Gasteiger partial charge on any atom is 0.251 e. The summed E-state index contributed by atoms with van der Waals surface area (Å²) in [5.41, 5.74) is 3.20. The number of hydrogen-bond donors (Lipinski definition) is 3. The molecule has 0 saturated carbocycles. The summed E-state index contributed by atoms with van der Waals surface area (Å²) in [7, 11) is 0. The molecule has 1 amide bonds. The molecule has 104 valence electrons. The van der Waals surface area contributed by atoms with Crippen LogP contribution in [-0.4, -0.2) is 30.2 Å². The SMILES string of the molecule is CC(O)CCCNC(=O)c1cccc2c1CCNC2. The van der Waals surface area contributed by atoms with Crippen LogP contribution in [0.15, 0.2) is 18.2 Å². The van der Waals surface area contributed by atoms with Crippen LogP contribution in [0.3, 0.4) is 0 Å². The highest BCUT2D eigenvalue weighted by Crippen LogP contribution is 2.18. The summed E-state index contributed by atoms with van der Waals surface area (Å²) in [4.78, 5) is 12.2. The van der Waals surface area contributed by atoms with E-state index in [9.17, 15) is 9.90 Å². The molecule has 0 aromatic heterocycles. The highest BCUT2D eigenvalue weighted by molar-refractivity contribution is 5.96. The van der Waals surface area contributed by atoms with Crippen LogP contribution in [0.25, 0.3) is 0 Å². The smallest absolute Gasteiger partial charge is 0.251 e. The fourth-order valence-corrected chi connectivity index (χ4v) is 2.44. The number of carbonyl (C=O) groups is 1. The minimum absolute atomic E-state index is 0.00402. The van der Waals surface area contributed by atoms with Crippen LogP contribution in [0.4, 0.5) is 0 Å². The van der Waals surface area contributed by atoms with Crippen molar-refractivity contribution in [3.05, 3.63) is 34.9 Å².